The van der Waals surface area contributed by atoms with E-state index in [-0.39, 0.29) is 24.5 Å². The van der Waals surface area contributed by atoms with Crippen LogP contribution in [-0.4, -0.2) is 36.0 Å². The van der Waals surface area contributed by atoms with Gasteiger partial charge in [0.25, 0.3) is 11.8 Å². The number of aliphatic imine (C=N–C) groups is 2. The van der Waals surface area contributed by atoms with Crippen LogP contribution in [0, 0.1) is 5.92 Å². The summed E-state index contributed by atoms with van der Waals surface area (Å²) < 4.78 is 5.51. The number of carbonyl (C=O) groups is 2. The van der Waals surface area contributed by atoms with Gasteiger partial charge in [0.15, 0.2) is 12.4 Å². The Labute approximate surface area is 146 Å². The van der Waals surface area contributed by atoms with Crippen molar-refractivity contribution in [2.75, 3.05) is 6.61 Å². The molecule has 3 rings (SSSR count). The summed E-state index contributed by atoms with van der Waals surface area (Å²) >= 11 is 0. The van der Waals surface area contributed by atoms with Gasteiger partial charge in [-0.15, -0.1) is 0 Å². The van der Waals surface area contributed by atoms with E-state index in [1.54, 1.807) is 30.3 Å². The van der Waals surface area contributed by atoms with Crippen LogP contribution in [-0.2, 0) is 9.59 Å². The van der Waals surface area contributed by atoms with Crippen LogP contribution in [0.3, 0.4) is 0 Å². The molecule has 0 fully saturated rings. The first-order valence-electron chi connectivity index (χ1n) is 8.11. The van der Waals surface area contributed by atoms with Crippen LogP contribution in [0.5, 0.6) is 5.75 Å². The second-order valence-corrected chi connectivity index (χ2v) is 6.07. The van der Waals surface area contributed by atoms with Gasteiger partial charge >= 0.3 is 0 Å². The predicted molar refractivity (Wildman–Crippen MR) is 96.0 cm³/mol. The zero-order valence-corrected chi connectivity index (χ0v) is 14.1. The van der Waals surface area contributed by atoms with Gasteiger partial charge in [-0.2, -0.15) is 4.99 Å². The van der Waals surface area contributed by atoms with E-state index in [9.17, 15) is 9.59 Å². The van der Waals surface area contributed by atoms with Gasteiger partial charge in [-0.1, -0.05) is 30.4 Å². The molecule has 1 N–H and O–H groups in total. The Morgan fingerprint density at radius 3 is 2.92 bits per heavy atom. The number of nitrogens with one attached hydrogen (secondary N) is 1. The van der Waals surface area contributed by atoms with Crippen LogP contribution in [0.4, 0.5) is 0 Å². The third-order valence-corrected chi connectivity index (χ3v) is 3.63. The quantitative estimate of drug-likeness (QED) is 0.893. The summed E-state index contributed by atoms with van der Waals surface area (Å²) in [5.74, 6) is 0.0604. The van der Waals surface area contributed by atoms with Crippen LogP contribution in [0.25, 0.3) is 0 Å². The van der Waals surface area contributed by atoms with Crippen LogP contribution < -0.4 is 10.1 Å². The Balaban J connectivity index is 1.75. The number of benzene rings is 1. The average molecular weight is 337 g/mol. The first-order chi connectivity index (χ1) is 12.0. The molecule has 6 nitrogen and oxygen atoms in total. The number of allylic oxidation sites excluding steroid dienone is 3. The van der Waals surface area contributed by atoms with Crippen molar-refractivity contribution in [2.45, 2.75) is 19.9 Å². The van der Waals surface area contributed by atoms with Gasteiger partial charge in [0.05, 0.1) is 5.71 Å². The Morgan fingerprint density at radius 1 is 1.28 bits per heavy atom. The van der Waals surface area contributed by atoms with Crippen molar-refractivity contribution in [3.63, 3.8) is 0 Å². The molecule has 6 heteroatoms. The highest BCUT2D eigenvalue weighted by molar-refractivity contribution is 6.24. The topological polar surface area (TPSA) is 80.1 Å². The van der Waals surface area contributed by atoms with Crippen LogP contribution in [0.1, 0.15) is 19.4 Å². The summed E-state index contributed by atoms with van der Waals surface area (Å²) in [5.41, 5.74) is 1.35. The summed E-state index contributed by atoms with van der Waals surface area (Å²) in [4.78, 5) is 32.4. The fraction of sp³-hybridized carbons (Fsp3) is 0.263. The molecule has 0 bridgehead atoms. The van der Waals surface area contributed by atoms with Crippen molar-refractivity contribution >= 4 is 23.4 Å². The molecule has 0 saturated carbocycles. The number of hydrogen-bond acceptors (Lipinski definition) is 4. The summed E-state index contributed by atoms with van der Waals surface area (Å²) in [6.07, 6.45) is 7.26. The van der Waals surface area contributed by atoms with Gasteiger partial charge in [0.2, 0.25) is 0 Å². The van der Waals surface area contributed by atoms with Crippen molar-refractivity contribution in [2.24, 2.45) is 15.9 Å². The van der Waals surface area contributed by atoms with Gasteiger partial charge in [0.1, 0.15) is 11.7 Å². The number of nitrogens with zero attached hydrogens (tertiary/aromatic N) is 2. The number of amides is 2. The predicted octanol–water partition coefficient (Wildman–Crippen LogP) is 2.06. The maximum atomic E-state index is 12.2. The lowest BCUT2D eigenvalue weighted by molar-refractivity contribution is -0.123. The highest BCUT2D eigenvalue weighted by Gasteiger charge is 2.26. The lowest BCUT2D eigenvalue weighted by Crippen LogP contribution is -2.34. The second-order valence-electron chi connectivity index (χ2n) is 6.07. The molecule has 128 valence electrons. The molecule has 1 aliphatic heterocycles. The minimum absolute atomic E-state index is 0.0615. The van der Waals surface area contributed by atoms with Gasteiger partial charge < -0.3 is 10.1 Å². The third-order valence-electron chi connectivity index (χ3n) is 3.63. The van der Waals surface area contributed by atoms with Gasteiger partial charge in [-0.05, 0) is 32.1 Å². The first-order valence-corrected chi connectivity index (χ1v) is 8.11. The largest absolute Gasteiger partial charge is 0.484 e. The van der Waals surface area contributed by atoms with Gasteiger partial charge in [0, 0.05) is 11.6 Å². The minimum Gasteiger partial charge on any atom is -0.484 e. The van der Waals surface area contributed by atoms with Crippen molar-refractivity contribution in [1.29, 1.82) is 0 Å². The minimum atomic E-state index is -0.395. The SMILES string of the molecule is CC(C)NC(=O)COc1cccc(C2=NC(=O)C3C=CC=CC3=N2)c1. The molecule has 0 saturated heterocycles. The Hall–Kier alpha value is -3.02. The highest BCUT2D eigenvalue weighted by Crippen LogP contribution is 2.21. The average Bonchev–Trinajstić information content (AvgIpc) is 2.60. The maximum Gasteiger partial charge on any atom is 0.260 e. The van der Waals surface area contributed by atoms with Crippen molar-refractivity contribution < 1.29 is 14.3 Å². The van der Waals surface area contributed by atoms with E-state index >= 15 is 0 Å². The molecule has 1 aliphatic carbocycles. The second kappa shape index (κ2) is 7.25. The molecule has 1 aromatic carbocycles. The van der Waals surface area contributed by atoms with E-state index in [1.165, 1.54) is 0 Å². The van der Waals surface area contributed by atoms with E-state index in [1.807, 2.05) is 32.1 Å². The Bertz CT molecular complexity index is 819. The molecule has 0 radical (unpaired) electrons. The third kappa shape index (κ3) is 4.09. The monoisotopic (exact) mass is 337 g/mol. The van der Waals surface area contributed by atoms with Gasteiger partial charge in [-0.25, -0.2) is 4.99 Å². The molecular weight excluding hydrogens is 318 g/mol. The molecule has 1 unspecified atom stereocenters. The molecule has 2 aliphatic rings. The van der Waals surface area contributed by atoms with Crippen molar-refractivity contribution in [3.05, 3.63) is 54.1 Å². The van der Waals surface area contributed by atoms with E-state index in [2.05, 4.69) is 15.3 Å². The first kappa shape index (κ1) is 16.8. The number of fused-ring (bicyclic) bond motifs is 1. The normalized spacial score (nSPS) is 18.5. The summed E-state index contributed by atoms with van der Waals surface area (Å²) in [5, 5.41) is 2.76. The van der Waals surface area contributed by atoms with Crippen LogP contribution >= 0.6 is 0 Å². The number of carbonyl (C=O) groups excluding carboxylic acids is 2. The van der Waals surface area contributed by atoms with Gasteiger partial charge in [-0.3, -0.25) is 9.59 Å². The van der Waals surface area contributed by atoms with E-state index in [0.29, 0.717) is 22.9 Å². The molecule has 0 spiro atoms. The summed E-state index contributed by atoms with van der Waals surface area (Å²) in [6, 6.07) is 7.12. The summed E-state index contributed by atoms with van der Waals surface area (Å²) in [6.45, 7) is 3.70. The molecule has 2 amide bonds. The molecule has 1 aromatic rings. The van der Waals surface area contributed by atoms with Crippen molar-refractivity contribution in [3.8, 4) is 5.75 Å². The Morgan fingerprint density at radius 2 is 2.12 bits per heavy atom. The highest BCUT2D eigenvalue weighted by atomic mass is 16.5. The lowest BCUT2D eigenvalue weighted by Gasteiger charge is -2.18. The molecule has 1 atom stereocenters. The lowest BCUT2D eigenvalue weighted by atomic mass is 9.96. The molecule has 1 heterocycles. The zero-order valence-electron chi connectivity index (χ0n) is 14.1. The number of amidine groups is 1. The molecule has 0 aromatic heterocycles. The maximum absolute atomic E-state index is 12.2. The standard InChI is InChI=1S/C19H19N3O3/c1-12(2)20-17(23)11-25-14-7-5-6-13(10-14)18-21-16-9-4-3-8-15(16)19(24)22-18/h3-10,12,15H,11H2,1-2H3,(H,20,23). The van der Waals surface area contributed by atoms with E-state index in [4.69, 9.17) is 4.74 Å². The van der Waals surface area contributed by atoms with Crippen LogP contribution in [0.2, 0.25) is 0 Å². The van der Waals surface area contributed by atoms with E-state index in [0.717, 1.165) is 0 Å². The molecular formula is C19H19N3O3. The zero-order chi connectivity index (χ0) is 17.8. The Kier molecular flexibility index (Phi) is 4.88. The smallest absolute Gasteiger partial charge is 0.260 e. The van der Waals surface area contributed by atoms with Crippen molar-refractivity contribution in [1.82, 2.24) is 5.32 Å². The summed E-state index contributed by atoms with van der Waals surface area (Å²) in [7, 11) is 0. The fourth-order valence-corrected chi connectivity index (χ4v) is 2.54. The number of rotatable bonds is 5. The fourth-order valence-electron chi connectivity index (χ4n) is 2.54. The number of hydrogen-bond donors (Lipinski definition) is 1. The number of ether oxygens (including phenoxy) is 1. The van der Waals surface area contributed by atoms with E-state index < -0.39 is 5.92 Å². The van der Waals surface area contributed by atoms with Crippen LogP contribution in [0.15, 0.2) is 58.6 Å². The molecule has 25 heavy (non-hydrogen) atoms.